The first kappa shape index (κ1) is 48.3. The molecular formula is C30H46N2O10Pd2. The minimum absolute atomic E-state index is 0. The zero-order chi connectivity index (χ0) is 33.3. The standard InChI is InChI=1S/2C13H20NO3.2C2H4O2.2Pd/c2*1-13(2,3)14(15)9-10-6-7-11(16-4)8-12(10)17-5;2*1-2(3)4;;/h2*7-9H,6H2,1-5H3;2*1H3,(H,3,4);;/q2*-1;;;2*+2/p-2/b2*10-9+;;;;. The minimum atomic E-state index is -1.08. The van der Waals surface area contributed by atoms with Crippen LogP contribution in [-0.4, -0.2) is 61.6 Å². The molecule has 2 rings (SSSR count). The zero-order valence-electron chi connectivity index (χ0n) is 27.5. The molecule has 0 heterocycles. The Morgan fingerprint density at radius 3 is 1.09 bits per heavy atom. The van der Waals surface area contributed by atoms with Crippen molar-refractivity contribution in [1.29, 1.82) is 0 Å². The van der Waals surface area contributed by atoms with Crippen LogP contribution < -0.4 is 10.2 Å². The second-order valence-corrected chi connectivity index (χ2v) is 10.7. The molecule has 0 amide bonds. The maximum atomic E-state index is 11.9. The van der Waals surface area contributed by atoms with Gasteiger partial charge in [0.25, 0.3) is 0 Å². The van der Waals surface area contributed by atoms with Gasteiger partial charge in [-0.2, -0.15) is 0 Å². The molecule has 0 saturated heterocycles. The number of carboxylic acids is 2. The molecule has 2 aliphatic rings. The number of nitrogens with zero attached hydrogens (tertiary/aromatic N) is 2. The molecule has 44 heavy (non-hydrogen) atoms. The topological polar surface area (TPSA) is 170 Å². The largest absolute Gasteiger partial charge is 2.00 e. The normalized spacial score (nSPS) is 15.5. The van der Waals surface area contributed by atoms with Crippen molar-refractivity contribution in [3.8, 4) is 0 Å². The molecule has 0 atom stereocenters. The molecule has 12 nitrogen and oxygen atoms in total. The Balaban J connectivity index is -0.000000282. The van der Waals surface area contributed by atoms with Gasteiger partial charge in [-0.3, -0.25) is 0 Å². The van der Waals surface area contributed by atoms with Crippen molar-refractivity contribution in [2.24, 2.45) is 0 Å². The van der Waals surface area contributed by atoms with Crippen LogP contribution in [0, 0.1) is 10.4 Å². The monoisotopic (exact) mass is 806 g/mol. The third kappa shape index (κ3) is 22.0. The van der Waals surface area contributed by atoms with Crippen LogP contribution in [0.3, 0.4) is 0 Å². The molecule has 0 fully saturated rings. The van der Waals surface area contributed by atoms with Gasteiger partial charge in [0.05, 0.1) is 28.4 Å². The number of hydrogen-bond donors (Lipinski definition) is 0. The van der Waals surface area contributed by atoms with Crippen molar-refractivity contribution in [3.63, 3.8) is 0 Å². The molecule has 0 aromatic rings. The van der Waals surface area contributed by atoms with Crippen molar-refractivity contribution in [2.45, 2.75) is 79.3 Å². The smallest absolute Gasteiger partial charge is 0.758 e. The van der Waals surface area contributed by atoms with E-state index in [2.05, 4.69) is 0 Å². The molecular weight excluding hydrogens is 761 g/mol. The summed E-state index contributed by atoms with van der Waals surface area (Å²) in [6, 6.07) is 0. The Morgan fingerprint density at radius 1 is 0.659 bits per heavy atom. The Kier molecular flexibility index (Phi) is 26.1. The van der Waals surface area contributed by atoms with Gasteiger partial charge in [-0.05, 0) is 92.8 Å². The number of carboxylic acid groups (broad SMARTS) is 2. The van der Waals surface area contributed by atoms with Crippen LogP contribution in [0.25, 0.3) is 0 Å². The van der Waals surface area contributed by atoms with E-state index in [0.29, 0.717) is 24.4 Å². The Morgan fingerprint density at radius 2 is 0.909 bits per heavy atom. The average Bonchev–Trinajstić information content (AvgIpc) is 2.87. The van der Waals surface area contributed by atoms with Gasteiger partial charge in [-0.25, -0.2) is 0 Å². The predicted molar refractivity (Wildman–Crippen MR) is 157 cm³/mol. The summed E-state index contributed by atoms with van der Waals surface area (Å²) >= 11 is 0. The van der Waals surface area contributed by atoms with Crippen LogP contribution in [0.5, 0.6) is 0 Å². The number of allylic oxidation sites excluding steroid dienone is 6. The van der Waals surface area contributed by atoms with E-state index in [-0.39, 0.29) is 40.8 Å². The van der Waals surface area contributed by atoms with E-state index < -0.39 is 23.0 Å². The third-order valence-electron chi connectivity index (χ3n) is 5.01. The van der Waals surface area contributed by atoms with Gasteiger partial charge < -0.3 is 59.3 Å². The average molecular weight is 808 g/mol. The third-order valence-corrected chi connectivity index (χ3v) is 5.01. The van der Waals surface area contributed by atoms with Crippen LogP contribution in [0.4, 0.5) is 0 Å². The molecule has 0 aromatic heterocycles. The zero-order valence-corrected chi connectivity index (χ0v) is 30.6. The van der Waals surface area contributed by atoms with Crippen molar-refractivity contribution in [3.05, 3.63) is 81.3 Å². The van der Waals surface area contributed by atoms with Crippen molar-refractivity contribution < 1.29 is 79.6 Å². The second kappa shape index (κ2) is 23.8. The number of hydrogen-bond acceptors (Lipinski definition) is 12. The summed E-state index contributed by atoms with van der Waals surface area (Å²) in [6.45, 7) is 13.1. The SMILES string of the molecule is CC(=O)[O-].CC(=O)[O-].COC1=CC/C(=C\N([O-])C(C)(C)C)C(OC)=C1.COC1=CC/C(=C\N([O-])C(C)(C)C)C(OC)=C1.[Pd+2].[Pd+2]. The minimum Gasteiger partial charge on any atom is -0.758 e. The molecule has 0 spiro atoms. The van der Waals surface area contributed by atoms with Crippen molar-refractivity contribution in [1.82, 2.24) is 10.1 Å². The van der Waals surface area contributed by atoms with E-state index in [4.69, 9.17) is 38.7 Å². The van der Waals surface area contributed by atoms with Gasteiger partial charge in [0.2, 0.25) is 0 Å². The van der Waals surface area contributed by atoms with Gasteiger partial charge in [0.15, 0.2) is 0 Å². The number of rotatable bonds is 6. The molecule has 0 aromatic carbocycles. The van der Waals surface area contributed by atoms with Gasteiger partial charge in [-0.15, -0.1) is 0 Å². The Bertz CT molecular complexity index is 975. The summed E-state index contributed by atoms with van der Waals surface area (Å²) in [6.07, 6.45) is 11.8. The molecule has 0 saturated carbocycles. The van der Waals surface area contributed by atoms with E-state index in [9.17, 15) is 10.4 Å². The molecule has 0 unspecified atom stereocenters. The van der Waals surface area contributed by atoms with Crippen molar-refractivity contribution in [2.75, 3.05) is 28.4 Å². The van der Waals surface area contributed by atoms with E-state index >= 15 is 0 Å². The summed E-state index contributed by atoms with van der Waals surface area (Å²) in [5.41, 5.74) is 0.824. The summed E-state index contributed by atoms with van der Waals surface area (Å²) in [5.74, 6) is 0.698. The van der Waals surface area contributed by atoms with Crippen LogP contribution >= 0.6 is 0 Å². The van der Waals surface area contributed by atoms with E-state index in [1.165, 1.54) is 0 Å². The number of carbonyl (C=O) groups excluding carboxylic acids is 2. The molecule has 0 N–H and O–H groups in total. The number of methoxy groups -OCH3 is 4. The molecule has 0 radical (unpaired) electrons. The maximum Gasteiger partial charge on any atom is 2.00 e. The summed E-state index contributed by atoms with van der Waals surface area (Å²) in [4.78, 5) is 17.8. The molecule has 256 valence electrons. The first-order valence-corrected chi connectivity index (χ1v) is 12.9. The van der Waals surface area contributed by atoms with E-state index in [1.54, 1.807) is 53.0 Å². The predicted octanol–water partition coefficient (Wildman–Crippen LogP) is 3.37. The van der Waals surface area contributed by atoms with E-state index in [1.807, 2.05) is 53.7 Å². The number of hydroxylamine groups is 4. The van der Waals surface area contributed by atoms with Gasteiger partial charge in [0.1, 0.15) is 23.0 Å². The van der Waals surface area contributed by atoms with Crippen LogP contribution in [0.2, 0.25) is 0 Å². The first-order valence-electron chi connectivity index (χ1n) is 12.9. The second-order valence-electron chi connectivity index (χ2n) is 10.7. The van der Waals surface area contributed by atoms with Crippen LogP contribution in [0.15, 0.2) is 70.9 Å². The van der Waals surface area contributed by atoms with Crippen LogP contribution in [0.1, 0.15) is 68.2 Å². The number of carbonyl (C=O) groups is 2. The fraction of sp³-hybridized carbons (Fsp3) is 0.533. The summed E-state index contributed by atoms with van der Waals surface area (Å²) < 4.78 is 20.8. The quantitative estimate of drug-likeness (QED) is 0.284. The molecule has 0 bridgehead atoms. The Labute approximate surface area is 289 Å². The van der Waals surface area contributed by atoms with Gasteiger partial charge in [-0.1, -0.05) is 0 Å². The molecule has 14 heteroatoms. The van der Waals surface area contributed by atoms with Crippen LogP contribution in [-0.2, 0) is 69.4 Å². The fourth-order valence-electron chi connectivity index (χ4n) is 2.75. The maximum absolute atomic E-state index is 11.9. The summed E-state index contributed by atoms with van der Waals surface area (Å²) in [5, 5.41) is 43.4. The number of aliphatic carboxylic acids is 2. The van der Waals surface area contributed by atoms with Gasteiger partial charge >= 0.3 is 40.8 Å². The fourth-order valence-corrected chi connectivity index (χ4v) is 2.75. The van der Waals surface area contributed by atoms with E-state index in [0.717, 1.165) is 46.6 Å². The number of ether oxygens (including phenoxy) is 4. The summed E-state index contributed by atoms with van der Waals surface area (Å²) in [7, 11) is 6.40. The van der Waals surface area contributed by atoms with Crippen molar-refractivity contribution >= 4 is 11.9 Å². The molecule has 2 aliphatic carbocycles. The molecule has 0 aliphatic heterocycles. The van der Waals surface area contributed by atoms with Gasteiger partial charge in [0, 0.05) is 46.3 Å². The first-order chi connectivity index (χ1) is 19.2. The Hall–Kier alpha value is -2.58.